The number of para-hydroxylation sites is 1. The van der Waals surface area contributed by atoms with Crippen LogP contribution in [0.1, 0.15) is 18.9 Å². The van der Waals surface area contributed by atoms with Crippen molar-refractivity contribution >= 4 is 28.3 Å². The summed E-state index contributed by atoms with van der Waals surface area (Å²) in [7, 11) is 1.98. The van der Waals surface area contributed by atoms with Crippen LogP contribution in [-0.2, 0) is 18.3 Å². The van der Waals surface area contributed by atoms with Crippen LogP contribution in [0.3, 0.4) is 0 Å². The number of rotatable bonds is 3. The van der Waals surface area contributed by atoms with Crippen LogP contribution >= 0.6 is 11.6 Å². The van der Waals surface area contributed by atoms with E-state index >= 15 is 0 Å². The lowest BCUT2D eigenvalue weighted by Crippen LogP contribution is -1.93. The van der Waals surface area contributed by atoms with Gasteiger partial charge in [-0.2, -0.15) is 0 Å². The predicted molar refractivity (Wildman–Crippen MR) is 66.9 cm³/mol. The normalized spacial score (nSPS) is 10.9. The fourth-order valence-corrected chi connectivity index (χ4v) is 2.32. The number of hydrogen-bond acceptors (Lipinski definition) is 1. The van der Waals surface area contributed by atoms with E-state index in [2.05, 4.69) is 12.3 Å². The van der Waals surface area contributed by atoms with Gasteiger partial charge in [-0.3, -0.25) is 0 Å². The monoisotopic (exact) mass is 235 g/mol. The summed E-state index contributed by atoms with van der Waals surface area (Å²) in [5, 5.41) is 1.91. The molecule has 1 aromatic heterocycles. The average Bonchev–Trinajstić information content (AvgIpc) is 2.54. The topological polar surface area (TPSA) is 22.0 Å². The van der Waals surface area contributed by atoms with Gasteiger partial charge in [0.25, 0.3) is 0 Å². The van der Waals surface area contributed by atoms with Crippen LogP contribution < -0.4 is 0 Å². The molecule has 1 heterocycles. The Bertz CT molecular complexity index is 542. The summed E-state index contributed by atoms with van der Waals surface area (Å²) in [6.45, 7) is 1.62. The maximum atomic E-state index is 11.0. The minimum atomic E-state index is 0.221. The first-order chi connectivity index (χ1) is 7.59. The first-order valence-electron chi connectivity index (χ1n) is 5.31. The standard InChI is InChI=1S/C13H14ClNO/c1-9(16)6-7-10-8-15(2)13-11(10)4-3-5-12(13)14/h3-5,8H,6-7H2,1-2H3. The van der Waals surface area contributed by atoms with Crippen LogP contribution in [0.2, 0.25) is 5.02 Å². The number of nitrogens with zero attached hydrogens (tertiary/aromatic N) is 1. The smallest absolute Gasteiger partial charge is 0.130 e. The molecule has 1 aromatic carbocycles. The van der Waals surface area contributed by atoms with E-state index in [1.165, 1.54) is 5.56 Å². The number of ketones is 1. The molecule has 0 aliphatic heterocycles. The van der Waals surface area contributed by atoms with Gasteiger partial charge in [-0.25, -0.2) is 0 Å². The number of fused-ring (bicyclic) bond motifs is 1. The van der Waals surface area contributed by atoms with Crippen molar-refractivity contribution < 1.29 is 4.79 Å². The molecule has 0 saturated carbocycles. The zero-order valence-electron chi connectivity index (χ0n) is 9.46. The van der Waals surface area contributed by atoms with Crippen LogP contribution in [0.4, 0.5) is 0 Å². The Morgan fingerprint density at radius 1 is 1.44 bits per heavy atom. The first-order valence-corrected chi connectivity index (χ1v) is 5.69. The molecule has 0 spiro atoms. The second-order valence-corrected chi connectivity index (χ2v) is 4.51. The third-order valence-corrected chi connectivity index (χ3v) is 3.09. The van der Waals surface area contributed by atoms with E-state index in [-0.39, 0.29) is 5.78 Å². The summed E-state index contributed by atoms with van der Waals surface area (Å²) in [6, 6.07) is 5.89. The van der Waals surface area contributed by atoms with E-state index in [0.717, 1.165) is 22.3 Å². The Balaban J connectivity index is 2.47. The molecule has 0 unspecified atom stereocenters. The van der Waals surface area contributed by atoms with E-state index < -0.39 is 0 Å². The number of carbonyl (C=O) groups is 1. The molecule has 0 N–H and O–H groups in total. The van der Waals surface area contributed by atoms with Crippen molar-refractivity contribution in [1.29, 1.82) is 0 Å². The van der Waals surface area contributed by atoms with Crippen molar-refractivity contribution in [3.63, 3.8) is 0 Å². The van der Waals surface area contributed by atoms with Crippen molar-refractivity contribution in [1.82, 2.24) is 4.57 Å². The maximum absolute atomic E-state index is 11.0. The average molecular weight is 236 g/mol. The molecule has 2 aromatic rings. The number of aromatic nitrogens is 1. The molecule has 2 nitrogen and oxygen atoms in total. The fraction of sp³-hybridized carbons (Fsp3) is 0.308. The van der Waals surface area contributed by atoms with Gasteiger partial charge in [0.05, 0.1) is 10.5 Å². The highest BCUT2D eigenvalue weighted by Crippen LogP contribution is 2.27. The van der Waals surface area contributed by atoms with Gasteiger partial charge in [-0.05, 0) is 25.0 Å². The first kappa shape index (κ1) is 11.2. The number of Topliss-reactive ketones (excluding diaryl/α,β-unsaturated/α-hetero) is 1. The highest BCUT2D eigenvalue weighted by molar-refractivity contribution is 6.35. The lowest BCUT2D eigenvalue weighted by Gasteiger charge is -1.98. The Labute approximate surface area is 99.8 Å². The van der Waals surface area contributed by atoms with Crippen molar-refractivity contribution in [2.45, 2.75) is 19.8 Å². The van der Waals surface area contributed by atoms with Crippen molar-refractivity contribution in [3.05, 3.63) is 35.0 Å². The summed E-state index contributed by atoms with van der Waals surface area (Å²) in [6.07, 6.45) is 3.43. The van der Waals surface area contributed by atoms with Crippen LogP contribution in [0.15, 0.2) is 24.4 Å². The van der Waals surface area contributed by atoms with Gasteiger partial charge in [0, 0.05) is 25.1 Å². The Morgan fingerprint density at radius 3 is 2.88 bits per heavy atom. The van der Waals surface area contributed by atoms with Crippen LogP contribution in [0.5, 0.6) is 0 Å². The highest BCUT2D eigenvalue weighted by atomic mass is 35.5. The summed E-state index contributed by atoms with van der Waals surface area (Å²) >= 11 is 6.15. The van der Waals surface area contributed by atoms with E-state index in [4.69, 9.17) is 11.6 Å². The minimum absolute atomic E-state index is 0.221. The minimum Gasteiger partial charge on any atom is -0.349 e. The largest absolute Gasteiger partial charge is 0.349 e. The Kier molecular flexibility index (Phi) is 3.01. The molecule has 0 amide bonds. The molecule has 2 rings (SSSR count). The quantitative estimate of drug-likeness (QED) is 0.800. The third kappa shape index (κ3) is 1.98. The molecule has 16 heavy (non-hydrogen) atoms. The Hall–Kier alpha value is -1.28. The van der Waals surface area contributed by atoms with Crippen LogP contribution in [0.25, 0.3) is 10.9 Å². The summed E-state index contributed by atoms with van der Waals surface area (Å²) in [5.74, 6) is 0.221. The van der Waals surface area contributed by atoms with Gasteiger partial charge in [0.2, 0.25) is 0 Å². The summed E-state index contributed by atoms with van der Waals surface area (Å²) in [5.41, 5.74) is 2.23. The lowest BCUT2D eigenvalue weighted by atomic mass is 10.1. The van der Waals surface area contributed by atoms with Crippen molar-refractivity contribution in [2.24, 2.45) is 7.05 Å². The summed E-state index contributed by atoms with van der Waals surface area (Å²) < 4.78 is 2.02. The van der Waals surface area contributed by atoms with Gasteiger partial charge in [-0.1, -0.05) is 23.7 Å². The van der Waals surface area contributed by atoms with E-state index in [1.807, 2.05) is 23.7 Å². The second kappa shape index (κ2) is 4.30. The third-order valence-electron chi connectivity index (χ3n) is 2.78. The van der Waals surface area contributed by atoms with Gasteiger partial charge in [0.1, 0.15) is 5.78 Å². The van der Waals surface area contributed by atoms with Gasteiger partial charge < -0.3 is 9.36 Å². The van der Waals surface area contributed by atoms with E-state index in [0.29, 0.717) is 6.42 Å². The van der Waals surface area contributed by atoms with E-state index in [1.54, 1.807) is 6.92 Å². The number of aryl methyl sites for hydroxylation is 2. The van der Waals surface area contributed by atoms with Crippen LogP contribution in [0, 0.1) is 0 Å². The predicted octanol–water partition coefficient (Wildman–Crippen LogP) is 3.35. The van der Waals surface area contributed by atoms with Crippen LogP contribution in [-0.4, -0.2) is 10.4 Å². The molecule has 3 heteroatoms. The van der Waals surface area contributed by atoms with E-state index in [9.17, 15) is 4.79 Å². The molecule has 0 aliphatic carbocycles. The zero-order valence-corrected chi connectivity index (χ0v) is 10.2. The number of halogens is 1. The highest BCUT2D eigenvalue weighted by Gasteiger charge is 2.09. The second-order valence-electron chi connectivity index (χ2n) is 4.10. The SMILES string of the molecule is CC(=O)CCc1cn(C)c2c(Cl)cccc12. The molecule has 0 saturated heterocycles. The van der Waals surface area contributed by atoms with Gasteiger partial charge >= 0.3 is 0 Å². The molecule has 0 radical (unpaired) electrons. The molecule has 0 atom stereocenters. The molecular weight excluding hydrogens is 222 g/mol. The molecule has 0 aliphatic rings. The molecule has 0 fully saturated rings. The van der Waals surface area contributed by atoms with Gasteiger partial charge in [-0.15, -0.1) is 0 Å². The van der Waals surface area contributed by atoms with Crippen molar-refractivity contribution in [2.75, 3.05) is 0 Å². The van der Waals surface area contributed by atoms with Crippen molar-refractivity contribution in [3.8, 4) is 0 Å². The van der Waals surface area contributed by atoms with Gasteiger partial charge in [0.15, 0.2) is 0 Å². The fourth-order valence-electron chi connectivity index (χ4n) is 2.01. The Morgan fingerprint density at radius 2 is 2.19 bits per heavy atom. The lowest BCUT2D eigenvalue weighted by molar-refractivity contribution is -0.116. The molecule has 84 valence electrons. The number of benzene rings is 1. The summed E-state index contributed by atoms with van der Waals surface area (Å²) in [4.78, 5) is 11.0. The molecular formula is C13H14ClNO. The zero-order chi connectivity index (χ0) is 11.7. The number of hydrogen-bond donors (Lipinski definition) is 0. The number of carbonyl (C=O) groups excluding carboxylic acids is 1. The maximum Gasteiger partial charge on any atom is 0.130 e. The molecule has 0 bridgehead atoms.